The van der Waals surface area contributed by atoms with Crippen LogP contribution in [0.2, 0.25) is 10.0 Å². The number of rotatable bonds is 5. The normalized spacial score (nSPS) is 10.7. The number of aryl methyl sites for hydroxylation is 1. The van der Waals surface area contributed by atoms with E-state index in [0.29, 0.717) is 40.1 Å². The maximum Gasteiger partial charge on any atom is 0.335 e. The van der Waals surface area contributed by atoms with Gasteiger partial charge in [-0.25, -0.2) is 14.8 Å². The van der Waals surface area contributed by atoms with E-state index in [1.54, 1.807) is 36.5 Å². The van der Waals surface area contributed by atoms with Crippen molar-refractivity contribution < 1.29 is 9.90 Å². The van der Waals surface area contributed by atoms with E-state index < -0.39 is 5.97 Å². The quantitative estimate of drug-likeness (QED) is 0.671. The monoisotopic (exact) mass is 387 g/mol. The summed E-state index contributed by atoms with van der Waals surface area (Å²) in [6, 6.07) is 11.8. The second kappa shape index (κ2) is 7.72. The summed E-state index contributed by atoms with van der Waals surface area (Å²) >= 11 is 12.4. The number of nitrogens with two attached hydrogens (primary N) is 1. The third-order valence-corrected chi connectivity index (χ3v) is 4.69. The van der Waals surface area contributed by atoms with Crippen molar-refractivity contribution in [1.29, 1.82) is 0 Å². The third kappa shape index (κ3) is 3.95. The van der Waals surface area contributed by atoms with Gasteiger partial charge in [0.05, 0.1) is 23.1 Å². The molecular formula is C19H15Cl2N3O2. The van der Waals surface area contributed by atoms with Gasteiger partial charge in [0.25, 0.3) is 0 Å². The molecule has 0 unspecified atom stereocenters. The van der Waals surface area contributed by atoms with Gasteiger partial charge in [-0.2, -0.15) is 0 Å². The van der Waals surface area contributed by atoms with Crippen LogP contribution in [0, 0.1) is 0 Å². The zero-order chi connectivity index (χ0) is 18.7. The molecule has 0 spiro atoms. The average Bonchev–Trinajstić information content (AvgIpc) is 2.63. The molecule has 0 aliphatic rings. The fourth-order valence-corrected chi connectivity index (χ4v) is 3.14. The van der Waals surface area contributed by atoms with Crippen LogP contribution in [0.5, 0.6) is 0 Å². The van der Waals surface area contributed by atoms with E-state index in [1.807, 2.05) is 0 Å². The van der Waals surface area contributed by atoms with Gasteiger partial charge in [-0.15, -0.1) is 0 Å². The van der Waals surface area contributed by atoms with Gasteiger partial charge >= 0.3 is 5.97 Å². The number of nitrogens with zero attached hydrogens (tertiary/aromatic N) is 2. The molecule has 3 aromatic rings. The van der Waals surface area contributed by atoms with Crippen molar-refractivity contribution in [2.75, 3.05) is 5.73 Å². The van der Waals surface area contributed by atoms with E-state index in [-0.39, 0.29) is 5.56 Å². The van der Waals surface area contributed by atoms with Gasteiger partial charge in [0.2, 0.25) is 0 Å². The Kier molecular flexibility index (Phi) is 5.40. The second-order valence-electron chi connectivity index (χ2n) is 5.67. The van der Waals surface area contributed by atoms with E-state index in [9.17, 15) is 4.79 Å². The Labute approximate surface area is 160 Å². The summed E-state index contributed by atoms with van der Waals surface area (Å²) in [6.45, 7) is 0. The van der Waals surface area contributed by atoms with Crippen molar-refractivity contribution >= 4 is 35.0 Å². The molecule has 0 fully saturated rings. The molecule has 132 valence electrons. The number of anilines is 1. The molecule has 5 nitrogen and oxygen atoms in total. The molecule has 0 amide bonds. The van der Waals surface area contributed by atoms with Crippen LogP contribution in [0.25, 0.3) is 11.3 Å². The second-order valence-corrected chi connectivity index (χ2v) is 6.48. The number of hydrogen-bond acceptors (Lipinski definition) is 4. The van der Waals surface area contributed by atoms with Gasteiger partial charge in [0.1, 0.15) is 5.82 Å². The molecule has 0 saturated heterocycles. The Hall–Kier alpha value is -2.63. The molecule has 0 aliphatic heterocycles. The Morgan fingerprint density at radius 1 is 1.04 bits per heavy atom. The van der Waals surface area contributed by atoms with E-state index in [1.165, 1.54) is 12.1 Å². The number of aromatic nitrogens is 2. The van der Waals surface area contributed by atoms with E-state index in [0.717, 1.165) is 11.1 Å². The first kappa shape index (κ1) is 18.2. The van der Waals surface area contributed by atoms with Crippen LogP contribution in [0.15, 0.2) is 48.7 Å². The van der Waals surface area contributed by atoms with Crippen LogP contribution in [0.3, 0.4) is 0 Å². The SMILES string of the molecule is Nc1ncc(-c2ccc(C(=O)O)cc2)nc1CCc1c(Cl)cccc1Cl. The minimum Gasteiger partial charge on any atom is -0.478 e. The van der Waals surface area contributed by atoms with Crippen molar-refractivity contribution in [1.82, 2.24) is 9.97 Å². The zero-order valence-electron chi connectivity index (χ0n) is 13.6. The lowest BCUT2D eigenvalue weighted by atomic mass is 10.1. The van der Waals surface area contributed by atoms with Crippen molar-refractivity contribution in [3.8, 4) is 11.3 Å². The molecule has 0 bridgehead atoms. The summed E-state index contributed by atoms with van der Waals surface area (Å²) in [7, 11) is 0. The summed E-state index contributed by atoms with van der Waals surface area (Å²) in [6.07, 6.45) is 2.68. The molecule has 1 aromatic heterocycles. The predicted molar refractivity (Wildman–Crippen MR) is 103 cm³/mol. The smallest absolute Gasteiger partial charge is 0.335 e. The van der Waals surface area contributed by atoms with Crippen molar-refractivity contribution in [3.63, 3.8) is 0 Å². The van der Waals surface area contributed by atoms with Gasteiger partial charge in [-0.05, 0) is 42.7 Å². The number of halogens is 2. The summed E-state index contributed by atoms with van der Waals surface area (Å²) in [5.41, 5.74) is 9.03. The number of aromatic carboxylic acids is 1. The molecule has 0 atom stereocenters. The largest absolute Gasteiger partial charge is 0.478 e. The topological polar surface area (TPSA) is 89.1 Å². The predicted octanol–water partition coefficient (Wildman–Crippen LogP) is 4.52. The third-order valence-electron chi connectivity index (χ3n) is 3.98. The molecule has 1 heterocycles. The first-order valence-electron chi connectivity index (χ1n) is 7.83. The van der Waals surface area contributed by atoms with E-state index in [2.05, 4.69) is 9.97 Å². The minimum atomic E-state index is -0.975. The van der Waals surface area contributed by atoms with Gasteiger partial charge < -0.3 is 10.8 Å². The first-order chi connectivity index (χ1) is 12.5. The Morgan fingerprint density at radius 3 is 2.31 bits per heavy atom. The summed E-state index contributed by atoms with van der Waals surface area (Å²) < 4.78 is 0. The van der Waals surface area contributed by atoms with Crippen LogP contribution < -0.4 is 5.73 Å². The van der Waals surface area contributed by atoms with Gasteiger partial charge in [-0.3, -0.25) is 0 Å². The lowest BCUT2D eigenvalue weighted by Crippen LogP contribution is -2.05. The van der Waals surface area contributed by atoms with E-state index in [4.69, 9.17) is 34.0 Å². The maximum atomic E-state index is 11.0. The highest BCUT2D eigenvalue weighted by Crippen LogP contribution is 2.26. The molecular weight excluding hydrogens is 373 g/mol. The molecule has 2 aromatic carbocycles. The number of carboxylic acid groups (broad SMARTS) is 1. The number of nitrogen functional groups attached to an aromatic ring is 1. The van der Waals surface area contributed by atoms with Crippen molar-refractivity contribution in [2.45, 2.75) is 12.8 Å². The maximum absolute atomic E-state index is 11.0. The fraction of sp³-hybridized carbons (Fsp3) is 0.105. The van der Waals surface area contributed by atoms with Crippen molar-refractivity contribution in [3.05, 3.63) is 75.5 Å². The first-order valence-corrected chi connectivity index (χ1v) is 8.59. The molecule has 26 heavy (non-hydrogen) atoms. The number of hydrogen-bond donors (Lipinski definition) is 2. The van der Waals surface area contributed by atoms with Crippen LogP contribution >= 0.6 is 23.2 Å². The van der Waals surface area contributed by atoms with Crippen molar-refractivity contribution in [2.24, 2.45) is 0 Å². The Morgan fingerprint density at radius 2 is 1.69 bits per heavy atom. The Balaban J connectivity index is 1.85. The van der Waals surface area contributed by atoms with E-state index >= 15 is 0 Å². The van der Waals surface area contributed by atoms with Gasteiger partial charge in [-0.1, -0.05) is 41.4 Å². The standard InChI is InChI=1S/C19H15Cl2N3O2/c20-14-2-1-3-15(21)13(14)8-9-16-18(22)23-10-17(24-16)11-4-6-12(7-5-11)19(25)26/h1-7,10H,8-9H2,(H2,22,23)(H,25,26). The fourth-order valence-electron chi connectivity index (χ4n) is 2.56. The molecule has 3 rings (SSSR count). The van der Waals surface area contributed by atoms with Gasteiger partial charge in [0, 0.05) is 15.6 Å². The summed E-state index contributed by atoms with van der Waals surface area (Å²) in [5, 5.41) is 10.2. The molecule has 0 saturated carbocycles. The molecule has 3 N–H and O–H groups in total. The minimum absolute atomic E-state index is 0.214. The van der Waals surface area contributed by atoms with Crippen LogP contribution in [-0.2, 0) is 12.8 Å². The Bertz CT molecular complexity index is 939. The lowest BCUT2D eigenvalue weighted by Gasteiger charge is -2.09. The van der Waals surface area contributed by atoms with Crippen LogP contribution in [0.4, 0.5) is 5.82 Å². The zero-order valence-corrected chi connectivity index (χ0v) is 15.1. The highest BCUT2D eigenvalue weighted by atomic mass is 35.5. The highest BCUT2D eigenvalue weighted by Gasteiger charge is 2.11. The summed E-state index contributed by atoms with van der Waals surface area (Å²) in [5.74, 6) is -0.628. The number of benzene rings is 2. The van der Waals surface area contributed by atoms with Crippen LogP contribution in [-0.4, -0.2) is 21.0 Å². The highest BCUT2D eigenvalue weighted by molar-refractivity contribution is 6.35. The van der Waals surface area contributed by atoms with Crippen LogP contribution in [0.1, 0.15) is 21.6 Å². The number of carbonyl (C=O) groups is 1. The van der Waals surface area contributed by atoms with Gasteiger partial charge in [0.15, 0.2) is 0 Å². The molecule has 0 radical (unpaired) electrons. The molecule has 7 heteroatoms. The number of carboxylic acids is 1. The molecule has 0 aliphatic carbocycles. The average molecular weight is 388 g/mol. The lowest BCUT2D eigenvalue weighted by molar-refractivity contribution is 0.0697. The summed E-state index contributed by atoms with van der Waals surface area (Å²) in [4.78, 5) is 19.7.